The number of hydrogen-bond donors (Lipinski definition) is 2. The normalized spacial score (nSPS) is 15.0. The van der Waals surface area contributed by atoms with Crippen LogP contribution in [0.1, 0.15) is 50.0 Å². The predicted molar refractivity (Wildman–Crippen MR) is 144 cm³/mol. The summed E-state index contributed by atoms with van der Waals surface area (Å²) in [6.45, 7) is 7.98. The van der Waals surface area contributed by atoms with Gasteiger partial charge in [-0.2, -0.15) is 0 Å². The second kappa shape index (κ2) is 14.5. The lowest BCUT2D eigenvalue weighted by Gasteiger charge is -2.15. The molecule has 2 rings (SSSR count). The third-order valence-electron chi connectivity index (χ3n) is 5.23. The van der Waals surface area contributed by atoms with Crippen LogP contribution in [0.5, 0.6) is 0 Å². The minimum atomic E-state index is -0.463. The summed E-state index contributed by atoms with van der Waals surface area (Å²) in [6, 6.07) is 5.71. The van der Waals surface area contributed by atoms with Crippen LogP contribution >= 0.6 is 11.8 Å². The second-order valence-corrected chi connectivity index (χ2v) is 9.36. The number of halogens is 1. The molecule has 0 bridgehead atoms. The molecule has 188 valence electrons. The highest BCUT2D eigenvalue weighted by molar-refractivity contribution is 7.99. The van der Waals surface area contributed by atoms with Gasteiger partial charge in [0, 0.05) is 35.2 Å². The summed E-state index contributed by atoms with van der Waals surface area (Å²) in [5, 5.41) is 12.8. The van der Waals surface area contributed by atoms with Gasteiger partial charge in [-0.3, -0.25) is 9.79 Å². The number of benzene rings is 1. The van der Waals surface area contributed by atoms with E-state index < -0.39 is 5.83 Å². The fourth-order valence-corrected chi connectivity index (χ4v) is 4.35. The summed E-state index contributed by atoms with van der Waals surface area (Å²) in [6.07, 6.45) is 10.6. The van der Waals surface area contributed by atoms with E-state index in [-0.39, 0.29) is 24.8 Å². The Morgan fingerprint density at radius 3 is 2.71 bits per heavy atom. The number of amides is 1. The van der Waals surface area contributed by atoms with E-state index in [1.54, 1.807) is 30.3 Å². The average molecular weight is 499 g/mol. The molecule has 7 heteroatoms. The fourth-order valence-electron chi connectivity index (χ4n) is 3.37. The lowest BCUT2D eigenvalue weighted by atomic mass is 9.97. The number of nitrogens with zero attached hydrogens (tertiary/aromatic N) is 1. The first kappa shape index (κ1) is 28.3. The Morgan fingerprint density at radius 1 is 1.31 bits per heavy atom. The summed E-state index contributed by atoms with van der Waals surface area (Å²) < 4.78 is 19.3. The number of aliphatic hydroxyl groups excluding tert-OH is 1. The topological polar surface area (TPSA) is 70.9 Å². The largest absolute Gasteiger partial charge is 0.494 e. The summed E-state index contributed by atoms with van der Waals surface area (Å²) in [4.78, 5) is 18.4. The molecule has 1 aliphatic rings. The average Bonchev–Trinajstić information content (AvgIpc) is 3.04. The van der Waals surface area contributed by atoms with Gasteiger partial charge in [-0.25, -0.2) is 4.39 Å². The van der Waals surface area contributed by atoms with Crippen LogP contribution < -0.4 is 5.32 Å². The van der Waals surface area contributed by atoms with Crippen LogP contribution in [0, 0.1) is 5.92 Å². The summed E-state index contributed by atoms with van der Waals surface area (Å²) in [5.74, 6) is 0.807. The van der Waals surface area contributed by atoms with Crippen LogP contribution in [0.4, 0.5) is 4.39 Å². The molecule has 1 aromatic carbocycles. The van der Waals surface area contributed by atoms with Crippen molar-refractivity contribution >= 4 is 29.5 Å². The zero-order chi connectivity index (χ0) is 25.8. The van der Waals surface area contributed by atoms with Crippen molar-refractivity contribution in [3.05, 3.63) is 82.6 Å². The molecule has 0 atom stereocenters. The number of thioether (sulfide) groups is 1. The van der Waals surface area contributed by atoms with Gasteiger partial charge >= 0.3 is 0 Å². The van der Waals surface area contributed by atoms with Crippen molar-refractivity contribution in [2.24, 2.45) is 10.9 Å². The lowest BCUT2D eigenvalue weighted by Crippen LogP contribution is -2.26. The predicted octanol–water partition coefficient (Wildman–Crippen LogP) is 6.25. The van der Waals surface area contributed by atoms with Gasteiger partial charge < -0.3 is 15.2 Å². The number of methoxy groups -OCH3 is 1. The molecular weight excluding hydrogens is 463 g/mol. The van der Waals surface area contributed by atoms with Gasteiger partial charge in [0.15, 0.2) is 11.6 Å². The number of allylic oxidation sites excluding steroid dienone is 4. The Balaban J connectivity index is 2.38. The van der Waals surface area contributed by atoms with Crippen molar-refractivity contribution in [2.45, 2.75) is 39.0 Å². The molecule has 1 aromatic rings. The van der Waals surface area contributed by atoms with Crippen molar-refractivity contribution in [2.75, 3.05) is 26.0 Å². The van der Waals surface area contributed by atoms with E-state index in [2.05, 4.69) is 24.2 Å². The molecule has 2 N–H and O–H groups in total. The molecular formula is C28H35FN2O3S. The second-order valence-electron chi connectivity index (χ2n) is 8.30. The highest BCUT2D eigenvalue weighted by Gasteiger charge is 2.17. The Labute approximate surface area is 212 Å². The summed E-state index contributed by atoms with van der Waals surface area (Å²) in [7, 11) is 1.43. The summed E-state index contributed by atoms with van der Waals surface area (Å²) in [5.41, 5.74) is 3.45. The van der Waals surface area contributed by atoms with Gasteiger partial charge in [-0.15, -0.1) is 11.8 Å². The first-order valence-electron chi connectivity index (χ1n) is 11.6. The number of carbonyl (C=O) groups is 1. The van der Waals surface area contributed by atoms with Crippen LogP contribution in [-0.4, -0.2) is 43.2 Å². The molecule has 0 heterocycles. The minimum absolute atomic E-state index is 0.142. The lowest BCUT2D eigenvalue weighted by molar-refractivity contribution is 0.0954. The van der Waals surface area contributed by atoms with Crippen LogP contribution in [0.3, 0.4) is 0 Å². The molecule has 1 amide bonds. The molecule has 0 saturated heterocycles. The first-order valence-corrected chi connectivity index (χ1v) is 12.6. The van der Waals surface area contributed by atoms with E-state index in [0.717, 1.165) is 27.4 Å². The Hall–Kier alpha value is -2.90. The van der Waals surface area contributed by atoms with Gasteiger partial charge in [0.25, 0.3) is 5.91 Å². The molecule has 1 aliphatic carbocycles. The van der Waals surface area contributed by atoms with E-state index >= 15 is 0 Å². The molecule has 0 aliphatic heterocycles. The van der Waals surface area contributed by atoms with Gasteiger partial charge in [-0.05, 0) is 67.2 Å². The van der Waals surface area contributed by atoms with Gasteiger partial charge in [0.1, 0.15) is 0 Å². The van der Waals surface area contributed by atoms with Crippen LogP contribution in [0.2, 0.25) is 0 Å². The van der Waals surface area contributed by atoms with Crippen LogP contribution in [0.25, 0.3) is 5.57 Å². The van der Waals surface area contributed by atoms with Crippen LogP contribution in [0.15, 0.2) is 81.3 Å². The number of carbonyl (C=O) groups excluding carboxylic acids is 1. The van der Waals surface area contributed by atoms with Gasteiger partial charge in [-0.1, -0.05) is 32.1 Å². The van der Waals surface area contributed by atoms with E-state index in [0.29, 0.717) is 23.5 Å². The van der Waals surface area contributed by atoms with Gasteiger partial charge in [0.05, 0.1) is 19.3 Å². The number of nitrogens with one attached hydrogen (secondary N) is 1. The fraction of sp³-hybridized carbons (Fsp3) is 0.357. The van der Waals surface area contributed by atoms with E-state index in [4.69, 9.17) is 4.74 Å². The number of aliphatic imine (C=N–C) groups is 1. The number of hydrogen-bond acceptors (Lipinski definition) is 5. The van der Waals surface area contributed by atoms with Gasteiger partial charge in [0.2, 0.25) is 0 Å². The minimum Gasteiger partial charge on any atom is -0.494 e. The molecule has 0 saturated carbocycles. The van der Waals surface area contributed by atoms with Crippen LogP contribution in [-0.2, 0) is 4.74 Å². The Morgan fingerprint density at radius 2 is 2.09 bits per heavy atom. The third kappa shape index (κ3) is 8.37. The monoisotopic (exact) mass is 498 g/mol. The maximum absolute atomic E-state index is 14.3. The molecule has 0 aromatic heterocycles. The Kier molecular flexibility index (Phi) is 11.7. The maximum atomic E-state index is 14.3. The smallest absolute Gasteiger partial charge is 0.252 e. The molecule has 0 unspecified atom stereocenters. The highest BCUT2D eigenvalue weighted by Crippen LogP contribution is 2.31. The molecule has 0 radical (unpaired) electrons. The highest BCUT2D eigenvalue weighted by atomic mass is 32.2. The summed E-state index contributed by atoms with van der Waals surface area (Å²) >= 11 is 1.62. The maximum Gasteiger partial charge on any atom is 0.252 e. The standard InChI is InChI=1S/C28H35FN2O3S/c1-6-21(17-32)24(16-30-7-2)22-11-12-27(35-18-19(3)4)23(14-22)28(33)31-15-20-9-8-10-26(34-5)25(29)13-20/h6-7,9-14,16,19,32H,8,15,17-18H2,1-5H3,(H,31,33)/b21-6-,24-16+,30-7-. The van der Waals surface area contributed by atoms with Crippen molar-refractivity contribution in [1.29, 1.82) is 0 Å². The molecule has 0 spiro atoms. The third-order valence-corrected chi connectivity index (χ3v) is 6.73. The van der Waals surface area contributed by atoms with Crippen molar-refractivity contribution in [3.63, 3.8) is 0 Å². The SMILES string of the molecule is C\C=N/C=C(\C(=C/C)CO)c1ccc(SCC(C)C)c(C(=O)NCC2=CCC=C(OC)C(F)=C2)c1. The zero-order valence-corrected chi connectivity index (χ0v) is 21.9. The van der Waals surface area contributed by atoms with E-state index in [1.165, 1.54) is 13.2 Å². The molecule has 0 fully saturated rings. The van der Waals surface area contributed by atoms with Crippen molar-refractivity contribution in [1.82, 2.24) is 5.32 Å². The molecule has 5 nitrogen and oxygen atoms in total. The van der Waals surface area contributed by atoms with E-state index in [9.17, 15) is 14.3 Å². The first-order chi connectivity index (χ1) is 16.8. The number of ether oxygens (including phenoxy) is 1. The van der Waals surface area contributed by atoms with E-state index in [1.807, 2.05) is 44.2 Å². The Bertz CT molecular complexity index is 1080. The zero-order valence-electron chi connectivity index (χ0n) is 21.1. The van der Waals surface area contributed by atoms with Crippen molar-refractivity contribution < 1.29 is 19.0 Å². The number of aliphatic hydroxyl groups is 1. The van der Waals surface area contributed by atoms with Crippen molar-refractivity contribution in [3.8, 4) is 0 Å². The molecule has 35 heavy (non-hydrogen) atoms. The quantitative estimate of drug-likeness (QED) is 0.215. The number of rotatable bonds is 11.